The van der Waals surface area contributed by atoms with E-state index in [4.69, 9.17) is 0 Å². The molecule has 0 saturated heterocycles. The molecule has 40 heavy (non-hydrogen) atoms. The summed E-state index contributed by atoms with van der Waals surface area (Å²) < 4.78 is 75.3. The van der Waals surface area contributed by atoms with Gasteiger partial charge in [0.2, 0.25) is 5.82 Å². The van der Waals surface area contributed by atoms with Crippen molar-refractivity contribution in [1.29, 1.82) is 0 Å². The van der Waals surface area contributed by atoms with Gasteiger partial charge in [0.15, 0.2) is 23.3 Å². The number of halogens is 5. The topological polar surface area (TPSA) is 0 Å². The van der Waals surface area contributed by atoms with Gasteiger partial charge < -0.3 is 0 Å². The van der Waals surface area contributed by atoms with Crippen LogP contribution in [-0.2, 0) is 0 Å². The van der Waals surface area contributed by atoms with E-state index in [1.165, 1.54) is 0 Å². The Hall–Kier alpha value is -4.34. The van der Waals surface area contributed by atoms with Crippen LogP contribution < -0.4 is 15.9 Å². The largest absolute Gasteiger partial charge is 0.203 e. The molecule has 0 atom stereocenters. The molecule has 0 aromatic heterocycles. The standard InChI is InChI=1S/C34H18F5P/c35-29-30(36)32(38)34(33(39)31(29)37)40(27-17-19-9-1-3-11-21(19)23-13-5-7-15-25(23)27)28-18-20-10-2-4-12-22(20)24-14-6-8-16-26(24)28/h1-18H. The normalized spacial score (nSPS) is 11.8. The van der Waals surface area contributed by atoms with Crippen molar-refractivity contribution >= 4 is 66.9 Å². The van der Waals surface area contributed by atoms with E-state index in [0.29, 0.717) is 21.4 Å². The van der Waals surface area contributed by atoms with Crippen LogP contribution in [0, 0.1) is 29.1 Å². The minimum absolute atomic E-state index is 0.507. The van der Waals surface area contributed by atoms with E-state index in [9.17, 15) is 13.2 Å². The summed E-state index contributed by atoms with van der Waals surface area (Å²) in [6.07, 6.45) is 0. The summed E-state index contributed by atoms with van der Waals surface area (Å²) in [6.45, 7) is 0. The van der Waals surface area contributed by atoms with E-state index in [-0.39, 0.29) is 0 Å². The van der Waals surface area contributed by atoms with E-state index in [1.807, 2.05) is 109 Å². The fourth-order valence-electron chi connectivity index (χ4n) is 5.60. The first-order valence-corrected chi connectivity index (χ1v) is 13.9. The van der Waals surface area contributed by atoms with Gasteiger partial charge >= 0.3 is 0 Å². The second-order valence-electron chi connectivity index (χ2n) is 9.58. The molecule has 0 radical (unpaired) electrons. The van der Waals surface area contributed by atoms with Crippen molar-refractivity contribution in [3.8, 4) is 0 Å². The molecule has 0 bridgehead atoms. The number of benzene rings is 7. The minimum Gasteiger partial charge on any atom is -0.203 e. The maximum atomic E-state index is 15.7. The second kappa shape index (κ2) is 9.39. The predicted octanol–water partition coefficient (Wildman–Crippen LogP) is 8.75. The summed E-state index contributed by atoms with van der Waals surface area (Å²) in [7, 11) is -2.28. The summed E-state index contributed by atoms with van der Waals surface area (Å²) in [6, 6.07) is 33.7. The smallest absolute Gasteiger partial charge is 0.200 e. The summed E-state index contributed by atoms with van der Waals surface area (Å²) >= 11 is 0. The lowest BCUT2D eigenvalue weighted by atomic mass is 10.0. The van der Waals surface area contributed by atoms with Crippen molar-refractivity contribution in [3.63, 3.8) is 0 Å². The van der Waals surface area contributed by atoms with Gasteiger partial charge in [-0.05, 0) is 73.8 Å². The molecule has 0 aliphatic heterocycles. The molecule has 0 amide bonds. The highest BCUT2D eigenvalue weighted by Crippen LogP contribution is 2.43. The van der Waals surface area contributed by atoms with Crippen molar-refractivity contribution in [3.05, 3.63) is 138 Å². The fraction of sp³-hybridized carbons (Fsp3) is 0. The molecule has 0 nitrogen and oxygen atoms in total. The molecule has 7 aromatic carbocycles. The monoisotopic (exact) mass is 552 g/mol. The van der Waals surface area contributed by atoms with Crippen molar-refractivity contribution < 1.29 is 22.0 Å². The third-order valence-corrected chi connectivity index (χ3v) is 9.93. The third kappa shape index (κ3) is 3.61. The van der Waals surface area contributed by atoms with Crippen LogP contribution in [-0.4, -0.2) is 0 Å². The van der Waals surface area contributed by atoms with Crippen LogP contribution in [0.5, 0.6) is 0 Å². The number of hydrogen-bond acceptors (Lipinski definition) is 0. The van der Waals surface area contributed by atoms with Gasteiger partial charge in [0, 0.05) is 0 Å². The minimum atomic E-state index is -2.28. The zero-order valence-electron chi connectivity index (χ0n) is 20.7. The van der Waals surface area contributed by atoms with Crippen LogP contribution in [0.1, 0.15) is 0 Å². The lowest BCUT2D eigenvalue weighted by molar-refractivity contribution is 0.384. The van der Waals surface area contributed by atoms with Crippen LogP contribution in [0.2, 0.25) is 0 Å². The fourth-order valence-corrected chi connectivity index (χ4v) is 8.34. The Morgan fingerprint density at radius 3 is 1.10 bits per heavy atom. The first-order chi connectivity index (χ1) is 19.5. The van der Waals surface area contributed by atoms with Gasteiger partial charge in [-0.2, -0.15) is 0 Å². The third-order valence-electron chi connectivity index (χ3n) is 7.38. The van der Waals surface area contributed by atoms with Crippen molar-refractivity contribution in [1.82, 2.24) is 0 Å². The van der Waals surface area contributed by atoms with E-state index in [1.54, 1.807) is 0 Å². The Bertz CT molecular complexity index is 1990. The Morgan fingerprint density at radius 2 is 0.675 bits per heavy atom. The van der Waals surface area contributed by atoms with Gasteiger partial charge in [0.05, 0.1) is 5.30 Å². The molecular weight excluding hydrogens is 534 g/mol. The second-order valence-corrected chi connectivity index (χ2v) is 11.7. The molecule has 0 aliphatic carbocycles. The van der Waals surface area contributed by atoms with Gasteiger partial charge in [-0.25, -0.2) is 22.0 Å². The summed E-state index contributed by atoms with van der Waals surface area (Å²) in [5.74, 6) is -9.68. The van der Waals surface area contributed by atoms with E-state index < -0.39 is 42.3 Å². The lowest BCUT2D eigenvalue weighted by Gasteiger charge is -2.25. The SMILES string of the molecule is Fc1c(F)c(F)c(P(c2cc3ccccc3c3ccccc23)c2cc3ccccc3c3ccccc23)c(F)c1F. The highest BCUT2D eigenvalue weighted by atomic mass is 31.1. The molecule has 7 aromatic rings. The van der Waals surface area contributed by atoms with Crippen LogP contribution >= 0.6 is 7.92 Å². The quantitative estimate of drug-likeness (QED) is 0.0676. The Kier molecular flexibility index (Phi) is 5.80. The molecule has 0 saturated carbocycles. The van der Waals surface area contributed by atoms with E-state index >= 15 is 8.78 Å². The number of fused-ring (bicyclic) bond motifs is 6. The van der Waals surface area contributed by atoms with Gasteiger partial charge in [0.25, 0.3) is 0 Å². The molecule has 6 heteroatoms. The Labute approximate surface area is 227 Å². The number of hydrogen-bond donors (Lipinski definition) is 0. The number of rotatable bonds is 3. The lowest BCUT2D eigenvalue weighted by Crippen LogP contribution is -2.29. The van der Waals surface area contributed by atoms with Crippen LogP contribution in [0.3, 0.4) is 0 Å². The first-order valence-electron chi connectivity index (χ1n) is 12.6. The van der Waals surface area contributed by atoms with Crippen LogP contribution in [0.15, 0.2) is 109 Å². The van der Waals surface area contributed by atoms with Crippen LogP contribution in [0.4, 0.5) is 22.0 Å². The predicted molar refractivity (Wildman–Crippen MR) is 155 cm³/mol. The summed E-state index contributed by atoms with van der Waals surface area (Å²) in [4.78, 5) is 0. The summed E-state index contributed by atoms with van der Waals surface area (Å²) in [5.41, 5.74) is 0. The van der Waals surface area contributed by atoms with Crippen molar-refractivity contribution in [2.75, 3.05) is 0 Å². The summed E-state index contributed by atoms with van der Waals surface area (Å²) in [5, 5.41) is 6.70. The van der Waals surface area contributed by atoms with Gasteiger partial charge in [0.1, 0.15) is 0 Å². The average Bonchev–Trinajstić information content (AvgIpc) is 3.00. The molecular formula is C34H18F5P. The Balaban J connectivity index is 1.71. The molecule has 0 heterocycles. The molecule has 194 valence electrons. The average molecular weight is 552 g/mol. The first kappa shape index (κ1) is 24.7. The maximum Gasteiger partial charge on any atom is 0.200 e. The highest BCUT2D eigenvalue weighted by Gasteiger charge is 2.34. The van der Waals surface area contributed by atoms with E-state index in [2.05, 4.69) is 0 Å². The molecule has 0 unspecified atom stereocenters. The van der Waals surface area contributed by atoms with E-state index in [0.717, 1.165) is 32.3 Å². The maximum absolute atomic E-state index is 15.7. The molecule has 7 rings (SSSR count). The molecule has 0 aliphatic rings. The van der Waals surface area contributed by atoms with Gasteiger partial charge in [-0.15, -0.1) is 0 Å². The zero-order chi connectivity index (χ0) is 27.5. The van der Waals surface area contributed by atoms with Gasteiger partial charge in [-0.1, -0.05) is 97.1 Å². The molecule has 0 spiro atoms. The van der Waals surface area contributed by atoms with Crippen molar-refractivity contribution in [2.24, 2.45) is 0 Å². The Morgan fingerprint density at radius 1 is 0.350 bits per heavy atom. The highest BCUT2D eigenvalue weighted by molar-refractivity contribution is 7.80. The van der Waals surface area contributed by atoms with Crippen molar-refractivity contribution in [2.45, 2.75) is 0 Å². The van der Waals surface area contributed by atoms with Gasteiger partial charge in [-0.3, -0.25) is 0 Å². The zero-order valence-corrected chi connectivity index (χ0v) is 21.6. The molecule has 0 fully saturated rings. The molecule has 0 N–H and O–H groups in total. The van der Waals surface area contributed by atoms with Crippen LogP contribution in [0.25, 0.3) is 43.1 Å².